The average Bonchev–Trinajstić information content (AvgIpc) is 1.57. The lowest BCUT2D eigenvalue weighted by Gasteiger charge is -2.11. The summed E-state index contributed by atoms with van der Waals surface area (Å²) in [6.45, 7) is 0. The van der Waals surface area contributed by atoms with E-state index in [0.29, 0.717) is 0 Å². The minimum absolute atomic E-state index is 0.720. The molecule has 12 heteroatoms. The van der Waals surface area contributed by atoms with Crippen molar-refractivity contribution in [1.82, 2.24) is 43.1 Å². The number of hydrogen-bond donors (Lipinski definition) is 0. The van der Waals surface area contributed by atoms with Gasteiger partial charge < -0.3 is 0 Å². The summed E-state index contributed by atoms with van der Waals surface area (Å²) in [6.07, 6.45) is 0. The van der Waals surface area contributed by atoms with E-state index in [2.05, 4.69) is 395 Å². The van der Waals surface area contributed by atoms with Crippen LogP contribution in [-0.4, -0.2) is 43.1 Å². The Morgan fingerprint density at radius 2 is 0.341 bits per heavy atom. The molecule has 0 aliphatic carbocycles. The largest absolute Gasteiger partial charge is 0.299 e. The number of para-hydroxylation sites is 6. The van der Waals surface area contributed by atoms with E-state index in [1.807, 2.05) is 143 Å². The van der Waals surface area contributed by atoms with Gasteiger partial charge in [0.2, 0.25) is 0 Å². The van der Waals surface area contributed by atoms with Crippen molar-refractivity contribution in [3.05, 3.63) is 491 Å². The number of benzene rings is 18. The van der Waals surface area contributed by atoms with E-state index in [4.69, 9.17) is 29.9 Å². The molecule has 9 aromatic heterocycles. The van der Waals surface area contributed by atoms with Gasteiger partial charge in [0.25, 0.3) is 0 Å². The Morgan fingerprint density at radius 1 is 0.138 bits per heavy atom. The number of rotatable bonds is 15. The van der Waals surface area contributed by atoms with E-state index in [9.17, 15) is 0 Å². The first-order valence-corrected chi connectivity index (χ1v) is 48.7. The van der Waals surface area contributed by atoms with Crippen molar-refractivity contribution >= 4 is 112 Å². The summed E-state index contributed by atoms with van der Waals surface area (Å²) in [5.41, 5.74) is 36.8. The molecule has 9 heterocycles. The molecule has 0 aliphatic rings. The fourth-order valence-electron chi connectivity index (χ4n) is 19.3. The fourth-order valence-corrected chi connectivity index (χ4v) is 23.0. The molecule has 0 spiro atoms. The molecule has 27 rings (SSSR count). The van der Waals surface area contributed by atoms with Gasteiger partial charge in [0.15, 0.2) is 17.5 Å². The first-order valence-electron chi connectivity index (χ1n) is 46.3. The molecule has 0 radical (unpaired) electrons. The second-order valence-corrected chi connectivity index (χ2v) is 37.5. The summed E-state index contributed by atoms with van der Waals surface area (Å²) in [5, 5.41) is 3.83. The van der Waals surface area contributed by atoms with Gasteiger partial charge >= 0.3 is 0 Å². The van der Waals surface area contributed by atoms with Crippen LogP contribution in [0.1, 0.15) is 0 Å². The highest BCUT2D eigenvalue weighted by molar-refractivity contribution is 7.25. The summed E-state index contributed by atoms with van der Waals surface area (Å²) in [5.74, 6) is 2.16. The topological polar surface area (TPSA) is 90.6 Å². The van der Waals surface area contributed by atoms with Crippen molar-refractivity contribution < 1.29 is 0 Å². The maximum Gasteiger partial charge on any atom is 0.160 e. The summed E-state index contributed by atoms with van der Waals surface area (Å²) >= 11 is 5.58. The van der Waals surface area contributed by atoms with Gasteiger partial charge in [0, 0.05) is 82.9 Å². The van der Waals surface area contributed by atoms with Crippen LogP contribution in [0, 0.1) is 0 Å². The second kappa shape index (κ2) is 35.8. The van der Waals surface area contributed by atoms with Crippen molar-refractivity contribution in [2.24, 2.45) is 0 Å². The molecule has 0 amide bonds. The van der Waals surface area contributed by atoms with Gasteiger partial charge in [0.05, 0.1) is 81.4 Å². The van der Waals surface area contributed by atoms with Crippen molar-refractivity contribution in [1.29, 1.82) is 0 Å². The number of fused-ring (bicyclic) bond motifs is 15. The molecule has 0 bridgehead atoms. The first-order chi connectivity index (χ1) is 68.4. The Hall–Kier alpha value is -17.5. The Kier molecular flexibility index (Phi) is 21.4. The summed E-state index contributed by atoms with van der Waals surface area (Å²) < 4.78 is 11.1. The van der Waals surface area contributed by atoms with Crippen LogP contribution in [0.4, 0.5) is 0 Å². The molecular weight excluding hydrogens is 1740 g/mol. The van der Waals surface area contributed by atoms with Crippen LogP contribution in [0.25, 0.3) is 246 Å². The van der Waals surface area contributed by atoms with Crippen LogP contribution in [0.15, 0.2) is 491 Å². The molecule has 0 unspecified atom stereocenters. The third-order valence-corrected chi connectivity index (χ3v) is 29.3. The van der Waals surface area contributed by atoms with Crippen LogP contribution >= 0.6 is 34.0 Å². The summed E-state index contributed by atoms with van der Waals surface area (Å²) in [4.78, 5) is 33.8. The van der Waals surface area contributed by atoms with Crippen LogP contribution in [0.2, 0.25) is 0 Å². The standard InChI is InChI=1S/3C42H27N3S/c1-3-13-28(14-4-1)35-27-36(44-41(43-35)29-15-5-2-6-16-29)32-19-11-17-30(25-32)31-18-12-20-33(26-31)40-34-21-7-8-22-37(34)45-38-23-9-10-24-39(38)46-42(40)45;1-3-12-29(13-4-1)35-27-36(44-41(43-35)31-14-5-2-6-15-31)33-17-11-16-32(26-33)28-22-24-30(25-23-28)40-34-18-7-8-19-37(34)45-38-20-9-10-21-39(38)46-42(40)45;1-3-12-29(13-4-1)35-27-36(44-41(43-35)31-14-5-2-6-15-31)30-24-22-28(23-25-30)32-16-11-17-33(26-32)40-34-18-7-8-19-37(34)45-38-20-9-10-21-39(38)46-42(40)45/h3*1-27H. The minimum atomic E-state index is 0.720. The van der Waals surface area contributed by atoms with E-state index < -0.39 is 0 Å². The maximum absolute atomic E-state index is 5.07. The van der Waals surface area contributed by atoms with Crippen molar-refractivity contribution in [2.75, 3.05) is 0 Å². The van der Waals surface area contributed by atoms with Crippen LogP contribution in [-0.2, 0) is 0 Å². The monoisotopic (exact) mass is 1820 g/mol. The average molecular weight is 1820 g/mol. The molecule has 27 aromatic rings. The highest BCUT2D eigenvalue weighted by Crippen LogP contribution is 2.48. The highest BCUT2D eigenvalue weighted by atomic mass is 32.1. The van der Waals surface area contributed by atoms with Gasteiger partial charge in [-0.3, -0.25) is 13.2 Å². The van der Waals surface area contributed by atoms with Crippen molar-refractivity contribution in [3.8, 4) is 168 Å². The van der Waals surface area contributed by atoms with Crippen molar-refractivity contribution in [2.45, 2.75) is 0 Å². The normalized spacial score (nSPS) is 11.5. The first kappa shape index (κ1) is 82.4. The van der Waals surface area contributed by atoms with Gasteiger partial charge in [0.1, 0.15) is 14.5 Å². The Morgan fingerprint density at radius 3 is 0.652 bits per heavy atom. The zero-order chi connectivity index (χ0) is 91.4. The predicted octanol–water partition coefficient (Wildman–Crippen LogP) is 34.3. The summed E-state index contributed by atoms with van der Waals surface area (Å²) in [7, 11) is 0. The molecule has 0 fully saturated rings. The molecule has 0 saturated heterocycles. The fraction of sp³-hybridized carbons (Fsp3) is 0. The molecule has 0 aliphatic heterocycles. The van der Waals surface area contributed by atoms with Gasteiger partial charge in [-0.1, -0.05) is 394 Å². The minimum Gasteiger partial charge on any atom is -0.299 e. The molecule has 0 saturated carbocycles. The highest BCUT2D eigenvalue weighted by Gasteiger charge is 2.25. The lowest BCUT2D eigenvalue weighted by atomic mass is 9.97. The predicted molar refractivity (Wildman–Crippen MR) is 579 cm³/mol. The smallest absolute Gasteiger partial charge is 0.160 e. The SMILES string of the molecule is c1ccc(-c2cc(-c3ccc(-c4cccc(-c5c6ccccc6n6c5sc5ccccc56)c4)cc3)nc(-c3ccccc3)n2)cc1.c1ccc(-c2cc(-c3cccc(-c4ccc(-c5c6ccccc6n6c5sc5ccccc56)cc4)c3)nc(-c3ccccc3)n2)cc1.c1ccc(-c2cc(-c3cccc(-c4cccc(-c5c6ccccc6n6c5sc5ccccc56)c4)c3)nc(-c3ccccc3)n2)cc1. The molecule has 18 aromatic carbocycles. The summed E-state index contributed by atoms with van der Waals surface area (Å²) in [6, 6.07) is 173. The van der Waals surface area contributed by atoms with Crippen LogP contribution < -0.4 is 0 Å². The van der Waals surface area contributed by atoms with Gasteiger partial charge in [-0.25, -0.2) is 29.9 Å². The lowest BCUT2D eigenvalue weighted by molar-refractivity contribution is 1.18. The maximum atomic E-state index is 5.07. The van der Waals surface area contributed by atoms with E-state index >= 15 is 0 Å². The Bertz CT molecular complexity index is 9070. The third kappa shape index (κ3) is 15.5. The lowest BCUT2D eigenvalue weighted by Crippen LogP contribution is -1.96. The number of thiazole rings is 3. The van der Waals surface area contributed by atoms with Crippen LogP contribution in [0.3, 0.4) is 0 Å². The zero-order valence-electron chi connectivity index (χ0n) is 74.5. The second-order valence-electron chi connectivity index (χ2n) is 34.4. The quantitative estimate of drug-likeness (QED) is 0.102. The number of nitrogens with zero attached hydrogens (tertiary/aromatic N) is 9. The molecular formula is C126H81N9S3. The molecule has 648 valence electrons. The van der Waals surface area contributed by atoms with Gasteiger partial charge in [-0.05, 0) is 147 Å². The van der Waals surface area contributed by atoms with E-state index in [1.165, 1.54) is 133 Å². The third-order valence-electron chi connectivity index (χ3n) is 25.9. The zero-order valence-corrected chi connectivity index (χ0v) is 77.0. The van der Waals surface area contributed by atoms with Crippen molar-refractivity contribution in [3.63, 3.8) is 0 Å². The Labute approximate surface area is 808 Å². The van der Waals surface area contributed by atoms with Gasteiger partial charge in [-0.2, -0.15) is 0 Å². The van der Waals surface area contributed by atoms with E-state index in [-0.39, 0.29) is 0 Å². The molecule has 138 heavy (non-hydrogen) atoms. The molecule has 0 N–H and O–H groups in total. The Balaban J connectivity index is 0.000000110. The number of aromatic nitrogens is 9. The van der Waals surface area contributed by atoms with E-state index in [1.54, 1.807) is 0 Å². The van der Waals surface area contributed by atoms with E-state index in [0.717, 1.165) is 113 Å². The molecule has 0 atom stereocenters. The number of hydrogen-bond acceptors (Lipinski definition) is 9. The van der Waals surface area contributed by atoms with Crippen LogP contribution in [0.5, 0.6) is 0 Å². The molecule has 9 nitrogen and oxygen atoms in total. The van der Waals surface area contributed by atoms with Gasteiger partial charge in [-0.15, -0.1) is 34.0 Å².